The second kappa shape index (κ2) is 6.45. The van der Waals surface area contributed by atoms with Crippen LogP contribution in [0.25, 0.3) is 0 Å². The number of benzene rings is 1. The molecule has 1 aromatic heterocycles. The van der Waals surface area contributed by atoms with E-state index in [1.165, 1.54) is 20.1 Å². The molecular weight excluding hydrogens is 342 g/mol. The summed E-state index contributed by atoms with van der Waals surface area (Å²) >= 11 is 0. The van der Waals surface area contributed by atoms with Crippen molar-refractivity contribution in [1.82, 2.24) is 9.29 Å². The van der Waals surface area contributed by atoms with E-state index in [0.717, 1.165) is 15.6 Å². The smallest absolute Gasteiger partial charge is 0.323 e. The maximum absolute atomic E-state index is 12.9. The van der Waals surface area contributed by atoms with Gasteiger partial charge in [-0.25, -0.2) is 13.4 Å². The molecular formula is C17H19N3O4S. The first-order valence-corrected chi connectivity index (χ1v) is 9.19. The predicted octanol–water partition coefficient (Wildman–Crippen LogP) is 2.05. The Balaban J connectivity index is 2.14. The molecule has 2 aromatic rings. The Morgan fingerprint density at radius 2 is 1.92 bits per heavy atom. The molecule has 0 unspecified atom stereocenters. The summed E-state index contributed by atoms with van der Waals surface area (Å²) in [6.45, 7) is 3.46. The fourth-order valence-corrected chi connectivity index (χ4v) is 4.41. The Hall–Kier alpha value is -2.45. The van der Waals surface area contributed by atoms with Gasteiger partial charge < -0.3 is 9.64 Å². The molecule has 0 aliphatic carbocycles. The van der Waals surface area contributed by atoms with E-state index in [1.807, 2.05) is 31.2 Å². The monoisotopic (exact) mass is 361 g/mol. The molecule has 25 heavy (non-hydrogen) atoms. The zero-order valence-electron chi connectivity index (χ0n) is 14.2. The van der Waals surface area contributed by atoms with Crippen molar-refractivity contribution in [3.63, 3.8) is 0 Å². The summed E-state index contributed by atoms with van der Waals surface area (Å²) in [5.74, 6) is -0.264. The number of aromatic nitrogens is 1. The molecule has 0 fully saturated rings. The third-order valence-corrected chi connectivity index (χ3v) is 6.12. The highest BCUT2D eigenvalue weighted by molar-refractivity contribution is 7.89. The van der Waals surface area contributed by atoms with E-state index in [9.17, 15) is 13.2 Å². The average molecular weight is 361 g/mol. The van der Waals surface area contributed by atoms with Gasteiger partial charge in [0.05, 0.1) is 13.8 Å². The number of hydrogen-bond donors (Lipinski definition) is 0. The first-order chi connectivity index (χ1) is 11.9. The van der Waals surface area contributed by atoms with E-state index in [4.69, 9.17) is 4.74 Å². The van der Waals surface area contributed by atoms with Crippen LogP contribution in [0.5, 0.6) is 0 Å². The number of carbonyl (C=O) groups is 1. The first-order valence-electron chi connectivity index (χ1n) is 7.75. The van der Waals surface area contributed by atoms with Gasteiger partial charge in [0.1, 0.15) is 10.9 Å². The Morgan fingerprint density at radius 1 is 1.24 bits per heavy atom. The van der Waals surface area contributed by atoms with Crippen molar-refractivity contribution in [2.24, 2.45) is 0 Å². The zero-order chi connectivity index (χ0) is 18.2. The van der Waals surface area contributed by atoms with E-state index in [2.05, 4.69) is 4.98 Å². The molecule has 1 atom stereocenters. The lowest BCUT2D eigenvalue weighted by Gasteiger charge is -2.38. The number of rotatable bonds is 3. The number of ether oxygens (including phenoxy) is 1. The van der Waals surface area contributed by atoms with Crippen LogP contribution >= 0.6 is 0 Å². The average Bonchev–Trinajstić information content (AvgIpc) is 2.62. The number of methoxy groups -OCH3 is 1. The summed E-state index contributed by atoms with van der Waals surface area (Å²) in [6.07, 6.45) is 1.55. The molecule has 1 aromatic carbocycles. The van der Waals surface area contributed by atoms with E-state index < -0.39 is 22.0 Å². The lowest BCUT2D eigenvalue weighted by atomic mass is 10.2. The molecule has 2 heterocycles. The number of aryl methyl sites for hydroxylation is 1. The van der Waals surface area contributed by atoms with Crippen LogP contribution < -0.4 is 4.90 Å². The molecule has 7 nitrogen and oxygen atoms in total. The third kappa shape index (κ3) is 2.98. The SMILES string of the molecule is COC(=O)[C@@H](C)N1CN(c2ccc(C)cc2)c2ncccc2S1(=O)=O. The Kier molecular flexibility index (Phi) is 4.49. The van der Waals surface area contributed by atoms with Crippen LogP contribution in [-0.2, 0) is 19.6 Å². The number of carbonyl (C=O) groups excluding carboxylic acids is 1. The van der Waals surface area contributed by atoms with Crippen molar-refractivity contribution >= 4 is 27.5 Å². The number of anilines is 2. The van der Waals surface area contributed by atoms with Gasteiger partial charge in [-0.2, -0.15) is 4.31 Å². The minimum atomic E-state index is -3.86. The molecule has 3 rings (SSSR count). The summed E-state index contributed by atoms with van der Waals surface area (Å²) in [6, 6.07) is 9.78. The molecule has 0 amide bonds. The van der Waals surface area contributed by atoms with Gasteiger partial charge in [0.2, 0.25) is 10.0 Å². The molecule has 0 radical (unpaired) electrons. The number of sulfonamides is 1. The highest BCUT2D eigenvalue weighted by Gasteiger charge is 2.41. The molecule has 0 saturated carbocycles. The van der Waals surface area contributed by atoms with Crippen LogP contribution in [0.2, 0.25) is 0 Å². The summed E-state index contributed by atoms with van der Waals surface area (Å²) in [7, 11) is -2.62. The normalized spacial score (nSPS) is 17.6. The molecule has 8 heteroatoms. The van der Waals surface area contributed by atoms with Crippen LogP contribution in [0.3, 0.4) is 0 Å². The van der Waals surface area contributed by atoms with Gasteiger partial charge >= 0.3 is 5.97 Å². The molecule has 0 saturated heterocycles. The molecule has 0 N–H and O–H groups in total. The maximum Gasteiger partial charge on any atom is 0.323 e. The fraction of sp³-hybridized carbons (Fsp3) is 0.294. The Morgan fingerprint density at radius 3 is 2.56 bits per heavy atom. The quantitative estimate of drug-likeness (QED) is 0.779. The largest absolute Gasteiger partial charge is 0.468 e. The highest BCUT2D eigenvalue weighted by atomic mass is 32.2. The summed E-state index contributed by atoms with van der Waals surface area (Å²) in [5, 5.41) is 0. The number of pyridine rings is 1. The van der Waals surface area contributed by atoms with Crippen molar-refractivity contribution in [1.29, 1.82) is 0 Å². The van der Waals surface area contributed by atoms with Gasteiger partial charge in [-0.15, -0.1) is 0 Å². The highest BCUT2D eigenvalue weighted by Crippen LogP contribution is 2.37. The second-order valence-corrected chi connectivity index (χ2v) is 7.68. The van der Waals surface area contributed by atoms with Gasteiger partial charge in [-0.3, -0.25) is 4.79 Å². The van der Waals surface area contributed by atoms with Crippen molar-refractivity contribution < 1.29 is 17.9 Å². The minimum absolute atomic E-state index is 0.0221. The second-order valence-electron chi connectivity index (χ2n) is 5.82. The summed E-state index contributed by atoms with van der Waals surface area (Å²) in [5.41, 5.74) is 1.89. The van der Waals surface area contributed by atoms with Gasteiger partial charge in [0.15, 0.2) is 5.82 Å². The molecule has 0 spiro atoms. The van der Waals surface area contributed by atoms with Crippen LogP contribution in [0, 0.1) is 6.92 Å². The van der Waals surface area contributed by atoms with Gasteiger partial charge in [-0.05, 0) is 38.1 Å². The van der Waals surface area contributed by atoms with Crippen molar-refractivity contribution in [3.8, 4) is 0 Å². The zero-order valence-corrected chi connectivity index (χ0v) is 15.0. The Labute approximate surface area is 146 Å². The number of fused-ring (bicyclic) bond motifs is 1. The predicted molar refractivity (Wildman–Crippen MR) is 92.9 cm³/mol. The van der Waals surface area contributed by atoms with Gasteiger partial charge in [-0.1, -0.05) is 17.7 Å². The molecule has 132 valence electrons. The fourth-order valence-electron chi connectivity index (χ4n) is 2.74. The van der Waals surface area contributed by atoms with Crippen LogP contribution in [0.15, 0.2) is 47.5 Å². The lowest BCUT2D eigenvalue weighted by Crippen LogP contribution is -2.51. The van der Waals surface area contributed by atoms with Crippen molar-refractivity contribution in [3.05, 3.63) is 48.2 Å². The van der Waals surface area contributed by atoms with Crippen LogP contribution in [-0.4, -0.2) is 43.5 Å². The number of nitrogens with zero attached hydrogens (tertiary/aromatic N) is 3. The van der Waals surface area contributed by atoms with Gasteiger partial charge in [0.25, 0.3) is 0 Å². The molecule has 1 aliphatic rings. The lowest BCUT2D eigenvalue weighted by molar-refractivity contribution is -0.144. The summed E-state index contributed by atoms with van der Waals surface area (Å²) in [4.78, 5) is 18.0. The first kappa shape index (κ1) is 17.4. The van der Waals surface area contributed by atoms with Crippen molar-refractivity contribution in [2.45, 2.75) is 24.8 Å². The molecule has 1 aliphatic heterocycles. The van der Waals surface area contributed by atoms with Crippen LogP contribution in [0.4, 0.5) is 11.5 Å². The third-order valence-electron chi connectivity index (χ3n) is 4.19. The van der Waals surface area contributed by atoms with E-state index in [1.54, 1.807) is 17.2 Å². The van der Waals surface area contributed by atoms with E-state index >= 15 is 0 Å². The van der Waals surface area contributed by atoms with Crippen molar-refractivity contribution in [2.75, 3.05) is 18.7 Å². The molecule has 0 bridgehead atoms. The minimum Gasteiger partial charge on any atom is -0.468 e. The van der Waals surface area contributed by atoms with Crippen LogP contribution in [0.1, 0.15) is 12.5 Å². The van der Waals surface area contributed by atoms with E-state index in [0.29, 0.717) is 5.82 Å². The maximum atomic E-state index is 12.9. The standard InChI is InChI=1S/C17H19N3O4S/c1-12-6-8-14(9-7-12)19-11-20(13(2)17(21)24-3)25(22,23)15-5-4-10-18-16(15)19/h4-10,13H,11H2,1-3H3/t13-/m1/s1. The van der Waals surface area contributed by atoms with Gasteiger partial charge in [0, 0.05) is 11.9 Å². The number of esters is 1. The summed E-state index contributed by atoms with van der Waals surface area (Å²) < 4.78 is 31.7. The van der Waals surface area contributed by atoms with E-state index in [-0.39, 0.29) is 11.6 Å². The Bertz CT molecular complexity index is 896. The topological polar surface area (TPSA) is 79.8 Å². The number of hydrogen-bond acceptors (Lipinski definition) is 6.